The highest BCUT2D eigenvalue weighted by Gasteiger charge is 2.17. The van der Waals surface area contributed by atoms with Gasteiger partial charge in [-0.05, 0) is 35.9 Å². The molecule has 8 heteroatoms. The summed E-state index contributed by atoms with van der Waals surface area (Å²) in [6.07, 6.45) is 0. The second-order valence-corrected chi connectivity index (χ2v) is 6.76. The maximum atomic E-state index is 12.3. The van der Waals surface area contributed by atoms with Gasteiger partial charge in [0.1, 0.15) is 11.3 Å². The van der Waals surface area contributed by atoms with E-state index < -0.39 is 16.0 Å². The highest BCUT2D eigenvalue weighted by atomic mass is 32.2. The summed E-state index contributed by atoms with van der Waals surface area (Å²) in [7, 11) is -1.12. The van der Waals surface area contributed by atoms with Crippen molar-refractivity contribution < 1.29 is 22.7 Å². The van der Waals surface area contributed by atoms with E-state index in [2.05, 4.69) is 9.46 Å². The van der Waals surface area contributed by atoms with Crippen molar-refractivity contribution >= 4 is 16.0 Å². The van der Waals surface area contributed by atoms with E-state index in [4.69, 9.17) is 10.00 Å². The number of sulfonamides is 1. The number of methoxy groups -OCH3 is 2. The summed E-state index contributed by atoms with van der Waals surface area (Å²) >= 11 is 0. The minimum atomic E-state index is -3.79. The Morgan fingerprint density at radius 2 is 1.96 bits per heavy atom. The number of benzene rings is 2. The molecule has 0 aliphatic rings. The van der Waals surface area contributed by atoms with Crippen molar-refractivity contribution in [3.63, 3.8) is 0 Å². The molecular weight excluding hydrogens is 344 g/mol. The number of nitrogens with one attached hydrogen (secondary N) is 1. The molecule has 0 saturated heterocycles. The summed E-state index contributed by atoms with van der Waals surface area (Å²) < 4.78 is 36.9. The lowest BCUT2D eigenvalue weighted by atomic mass is 10.1. The molecule has 0 aromatic heterocycles. The fourth-order valence-electron chi connectivity index (χ4n) is 2.13. The third kappa shape index (κ3) is 4.35. The first-order valence-corrected chi connectivity index (χ1v) is 8.64. The lowest BCUT2D eigenvalue weighted by Gasteiger charge is -2.10. The van der Waals surface area contributed by atoms with Crippen molar-refractivity contribution in [2.24, 2.45) is 0 Å². The summed E-state index contributed by atoms with van der Waals surface area (Å²) in [6, 6.07) is 12.3. The Hall–Kier alpha value is -2.89. The minimum absolute atomic E-state index is 0.00625. The van der Waals surface area contributed by atoms with Gasteiger partial charge in [0.2, 0.25) is 10.0 Å². The quantitative estimate of drug-likeness (QED) is 0.788. The summed E-state index contributed by atoms with van der Waals surface area (Å²) in [5.41, 5.74) is 1.01. The molecule has 0 atom stereocenters. The molecule has 0 saturated carbocycles. The maximum Gasteiger partial charge on any atom is 0.341 e. The van der Waals surface area contributed by atoms with Gasteiger partial charge in [-0.1, -0.05) is 12.1 Å². The van der Waals surface area contributed by atoms with Gasteiger partial charge in [0.25, 0.3) is 0 Å². The molecule has 2 rings (SSSR count). The molecule has 2 aromatic carbocycles. The van der Waals surface area contributed by atoms with Gasteiger partial charge in [-0.15, -0.1) is 0 Å². The number of rotatable bonds is 6. The van der Waals surface area contributed by atoms with Gasteiger partial charge in [0.05, 0.1) is 30.7 Å². The molecule has 0 amide bonds. The van der Waals surface area contributed by atoms with E-state index in [1.54, 1.807) is 12.1 Å². The van der Waals surface area contributed by atoms with E-state index in [0.717, 1.165) is 0 Å². The summed E-state index contributed by atoms with van der Waals surface area (Å²) in [5.74, 6) is -0.247. The number of carbonyl (C=O) groups is 1. The van der Waals surface area contributed by atoms with Crippen LogP contribution in [-0.2, 0) is 21.3 Å². The molecule has 0 bridgehead atoms. The predicted molar refractivity (Wildman–Crippen MR) is 89.5 cm³/mol. The number of hydrogen-bond donors (Lipinski definition) is 1. The molecule has 0 fully saturated rings. The number of carbonyl (C=O) groups excluding carboxylic acids is 1. The lowest BCUT2D eigenvalue weighted by Crippen LogP contribution is -2.23. The summed E-state index contributed by atoms with van der Waals surface area (Å²) in [6.45, 7) is -0.0346. The Labute approximate surface area is 145 Å². The minimum Gasteiger partial charge on any atom is -0.496 e. The highest BCUT2D eigenvalue weighted by molar-refractivity contribution is 7.89. The van der Waals surface area contributed by atoms with E-state index >= 15 is 0 Å². The molecule has 0 unspecified atom stereocenters. The van der Waals surface area contributed by atoms with E-state index in [-0.39, 0.29) is 22.6 Å². The van der Waals surface area contributed by atoms with Crippen molar-refractivity contribution in [1.29, 1.82) is 5.26 Å². The van der Waals surface area contributed by atoms with Crippen LogP contribution >= 0.6 is 0 Å². The monoisotopic (exact) mass is 360 g/mol. The number of nitrogens with zero attached hydrogens (tertiary/aromatic N) is 1. The zero-order chi connectivity index (χ0) is 18.4. The van der Waals surface area contributed by atoms with Crippen LogP contribution in [-0.4, -0.2) is 28.6 Å². The Morgan fingerprint density at radius 1 is 1.20 bits per heavy atom. The van der Waals surface area contributed by atoms with Gasteiger partial charge in [0.15, 0.2) is 0 Å². The van der Waals surface area contributed by atoms with Crippen LogP contribution in [0.2, 0.25) is 0 Å². The van der Waals surface area contributed by atoms with Crippen LogP contribution < -0.4 is 9.46 Å². The molecular formula is C17H16N2O5S. The molecule has 0 aliphatic carbocycles. The first kappa shape index (κ1) is 18.4. The van der Waals surface area contributed by atoms with Crippen molar-refractivity contribution in [2.45, 2.75) is 11.4 Å². The van der Waals surface area contributed by atoms with Crippen molar-refractivity contribution in [3.8, 4) is 11.8 Å². The van der Waals surface area contributed by atoms with Gasteiger partial charge in [0, 0.05) is 6.54 Å². The Balaban J connectivity index is 2.23. The van der Waals surface area contributed by atoms with Gasteiger partial charge >= 0.3 is 5.97 Å². The highest BCUT2D eigenvalue weighted by Crippen LogP contribution is 2.21. The van der Waals surface area contributed by atoms with Crippen molar-refractivity contribution in [1.82, 2.24) is 4.72 Å². The summed E-state index contributed by atoms with van der Waals surface area (Å²) in [4.78, 5) is 11.8. The van der Waals surface area contributed by atoms with Crippen LogP contribution in [0.25, 0.3) is 0 Å². The number of ether oxygens (including phenoxy) is 2. The van der Waals surface area contributed by atoms with Crippen LogP contribution in [0.4, 0.5) is 0 Å². The predicted octanol–water partition coefficient (Wildman–Crippen LogP) is 1.83. The van der Waals surface area contributed by atoms with E-state index in [1.807, 2.05) is 6.07 Å². The van der Waals surface area contributed by atoms with Crippen LogP contribution in [0.15, 0.2) is 47.4 Å². The first-order chi connectivity index (χ1) is 11.9. The number of nitriles is 1. The average Bonchev–Trinajstić information content (AvgIpc) is 2.65. The lowest BCUT2D eigenvalue weighted by molar-refractivity contribution is 0.0597. The largest absolute Gasteiger partial charge is 0.496 e. The molecule has 0 spiro atoms. The number of esters is 1. The molecule has 130 valence electrons. The molecule has 0 aliphatic heterocycles. The Morgan fingerprint density at radius 3 is 2.60 bits per heavy atom. The van der Waals surface area contributed by atoms with Gasteiger partial charge < -0.3 is 9.47 Å². The zero-order valence-electron chi connectivity index (χ0n) is 13.6. The third-order valence-electron chi connectivity index (χ3n) is 3.41. The van der Waals surface area contributed by atoms with Crippen LogP contribution in [0.1, 0.15) is 21.5 Å². The standard InChI is InChI=1S/C17H16N2O5S/c1-23-16-7-6-13(9-15(16)17(20)24-2)11-19-25(21,22)14-5-3-4-12(8-14)10-18/h3-9,19H,11H2,1-2H3. The smallest absolute Gasteiger partial charge is 0.341 e. The molecule has 0 radical (unpaired) electrons. The second-order valence-electron chi connectivity index (χ2n) is 4.99. The topological polar surface area (TPSA) is 105 Å². The van der Waals surface area contributed by atoms with Crippen molar-refractivity contribution in [2.75, 3.05) is 14.2 Å². The van der Waals surface area contributed by atoms with Gasteiger partial charge in [-0.2, -0.15) is 5.26 Å². The van der Waals surface area contributed by atoms with Crippen LogP contribution in [0, 0.1) is 11.3 Å². The second kappa shape index (κ2) is 7.79. The molecule has 0 heterocycles. The zero-order valence-corrected chi connectivity index (χ0v) is 14.5. The maximum absolute atomic E-state index is 12.3. The van der Waals surface area contributed by atoms with E-state index in [0.29, 0.717) is 11.3 Å². The van der Waals surface area contributed by atoms with Crippen molar-refractivity contribution in [3.05, 3.63) is 59.2 Å². The van der Waals surface area contributed by atoms with Gasteiger partial charge in [-0.25, -0.2) is 17.9 Å². The summed E-state index contributed by atoms with van der Waals surface area (Å²) in [5, 5.41) is 8.87. The molecule has 2 aromatic rings. The molecule has 25 heavy (non-hydrogen) atoms. The van der Waals surface area contributed by atoms with E-state index in [1.165, 1.54) is 44.6 Å². The number of hydrogen-bond acceptors (Lipinski definition) is 6. The molecule has 1 N–H and O–H groups in total. The van der Waals surface area contributed by atoms with Crippen LogP contribution in [0.5, 0.6) is 5.75 Å². The van der Waals surface area contributed by atoms with E-state index in [9.17, 15) is 13.2 Å². The third-order valence-corrected chi connectivity index (χ3v) is 4.81. The SMILES string of the molecule is COC(=O)c1cc(CNS(=O)(=O)c2cccc(C#N)c2)ccc1OC. The first-order valence-electron chi connectivity index (χ1n) is 7.16. The Bertz CT molecular complexity index is 932. The average molecular weight is 360 g/mol. The fraction of sp³-hybridized carbons (Fsp3) is 0.176. The fourth-order valence-corrected chi connectivity index (χ4v) is 3.19. The molecule has 7 nitrogen and oxygen atoms in total. The normalized spacial score (nSPS) is 10.8. The Kier molecular flexibility index (Phi) is 5.75. The van der Waals surface area contributed by atoms with Gasteiger partial charge in [-0.3, -0.25) is 0 Å². The van der Waals surface area contributed by atoms with Crippen LogP contribution in [0.3, 0.4) is 0 Å².